The smallest absolute Gasteiger partial charge is 0.222 e. The number of amides is 1. The van der Waals surface area contributed by atoms with E-state index in [2.05, 4.69) is 36.6 Å². The van der Waals surface area contributed by atoms with Gasteiger partial charge in [0.1, 0.15) is 0 Å². The number of nitrogens with zero attached hydrogens (tertiary/aromatic N) is 3. The highest BCUT2D eigenvalue weighted by Gasteiger charge is 2.25. The van der Waals surface area contributed by atoms with Gasteiger partial charge in [0.05, 0.1) is 12.6 Å². The second kappa shape index (κ2) is 12.1. The molecule has 0 aromatic heterocycles. The van der Waals surface area contributed by atoms with E-state index in [1.165, 1.54) is 0 Å². The Morgan fingerprint density at radius 1 is 1.36 bits per heavy atom. The van der Waals surface area contributed by atoms with E-state index < -0.39 is 0 Å². The second-order valence-electron chi connectivity index (χ2n) is 6.71. The Morgan fingerprint density at radius 3 is 2.72 bits per heavy atom. The molecule has 1 amide bonds. The van der Waals surface area contributed by atoms with Gasteiger partial charge in [-0.15, -0.1) is 0 Å². The van der Waals surface area contributed by atoms with Crippen LogP contribution in [0, 0.1) is 0 Å². The average molecular weight is 356 g/mol. The van der Waals surface area contributed by atoms with E-state index in [0.717, 1.165) is 45.0 Å². The van der Waals surface area contributed by atoms with E-state index in [4.69, 9.17) is 9.73 Å². The Morgan fingerprint density at radius 2 is 2.12 bits per heavy atom. The topological polar surface area (TPSA) is 69.2 Å². The Hall–Kier alpha value is -1.34. The lowest BCUT2D eigenvalue weighted by Crippen LogP contribution is -2.45. The minimum atomic E-state index is 0.129. The fraction of sp³-hybridized carbons (Fsp3) is 0.889. The van der Waals surface area contributed by atoms with Crippen molar-refractivity contribution in [1.82, 2.24) is 20.4 Å². The first-order valence-electron chi connectivity index (χ1n) is 9.59. The number of likely N-dealkylation sites (tertiary alicyclic amines) is 1. The van der Waals surface area contributed by atoms with Gasteiger partial charge in [-0.1, -0.05) is 6.92 Å². The van der Waals surface area contributed by atoms with Crippen molar-refractivity contribution < 1.29 is 9.53 Å². The maximum atomic E-state index is 11.8. The van der Waals surface area contributed by atoms with Crippen molar-refractivity contribution in [3.05, 3.63) is 0 Å². The Kier molecular flexibility index (Phi) is 10.5. The van der Waals surface area contributed by atoms with Gasteiger partial charge in [-0.2, -0.15) is 0 Å². The molecule has 0 spiro atoms. The predicted octanol–water partition coefficient (Wildman–Crippen LogP) is 0.909. The van der Waals surface area contributed by atoms with Gasteiger partial charge >= 0.3 is 0 Å². The van der Waals surface area contributed by atoms with E-state index in [9.17, 15) is 4.79 Å². The largest absolute Gasteiger partial charge is 0.377 e. The molecule has 1 aliphatic heterocycles. The lowest BCUT2D eigenvalue weighted by atomic mass is 10.2. The Labute approximate surface area is 153 Å². The average Bonchev–Trinajstić information content (AvgIpc) is 3.05. The van der Waals surface area contributed by atoms with Gasteiger partial charge in [-0.25, -0.2) is 0 Å². The van der Waals surface area contributed by atoms with E-state index >= 15 is 0 Å². The summed E-state index contributed by atoms with van der Waals surface area (Å²) in [7, 11) is 4.14. The number of hydrogen-bond donors (Lipinski definition) is 2. The number of ether oxygens (including phenoxy) is 1. The zero-order chi connectivity index (χ0) is 18.7. The van der Waals surface area contributed by atoms with Crippen LogP contribution in [0.25, 0.3) is 0 Å². The number of rotatable bonds is 10. The summed E-state index contributed by atoms with van der Waals surface area (Å²) in [5.74, 6) is 1.04. The van der Waals surface area contributed by atoms with Crippen LogP contribution >= 0.6 is 0 Å². The molecule has 0 aromatic rings. The summed E-state index contributed by atoms with van der Waals surface area (Å²) in [6.45, 7) is 10.7. The lowest BCUT2D eigenvalue weighted by Gasteiger charge is -2.21. The third kappa shape index (κ3) is 8.54. The summed E-state index contributed by atoms with van der Waals surface area (Å²) in [5.41, 5.74) is 0. The first kappa shape index (κ1) is 21.7. The molecule has 1 saturated heterocycles. The van der Waals surface area contributed by atoms with E-state index in [1.807, 2.05) is 18.7 Å². The van der Waals surface area contributed by atoms with Gasteiger partial charge in [0.15, 0.2) is 5.96 Å². The fourth-order valence-electron chi connectivity index (χ4n) is 2.90. The molecule has 146 valence electrons. The fourth-order valence-corrected chi connectivity index (χ4v) is 2.90. The van der Waals surface area contributed by atoms with Crippen LogP contribution in [-0.4, -0.2) is 87.2 Å². The maximum absolute atomic E-state index is 11.8. The van der Waals surface area contributed by atoms with Crippen molar-refractivity contribution in [3.63, 3.8) is 0 Å². The summed E-state index contributed by atoms with van der Waals surface area (Å²) >= 11 is 0. The van der Waals surface area contributed by atoms with Gasteiger partial charge in [0.25, 0.3) is 0 Å². The molecule has 0 saturated carbocycles. The van der Waals surface area contributed by atoms with Crippen LogP contribution in [0.4, 0.5) is 0 Å². The van der Waals surface area contributed by atoms with E-state index in [0.29, 0.717) is 19.6 Å². The Balaban J connectivity index is 2.55. The molecular formula is C18H37N5O2. The van der Waals surface area contributed by atoms with Crippen molar-refractivity contribution in [2.75, 3.05) is 53.4 Å². The van der Waals surface area contributed by atoms with Gasteiger partial charge in [0.2, 0.25) is 5.91 Å². The molecule has 2 N–H and O–H groups in total. The SMILES string of the molecule is CCNC(=NCC(CCN(C)C)OCC)NC1CCN(C(=O)CC)C1. The molecule has 1 rings (SSSR count). The second-order valence-corrected chi connectivity index (χ2v) is 6.71. The van der Waals surface area contributed by atoms with Crippen LogP contribution in [0.5, 0.6) is 0 Å². The summed E-state index contributed by atoms with van der Waals surface area (Å²) in [5, 5.41) is 6.77. The molecule has 7 nitrogen and oxygen atoms in total. The summed E-state index contributed by atoms with van der Waals surface area (Å²) < 4.78 is 5.81. The maximum Gasteiger partial charge on any atom is 0.222 e. The molecule has 7 heteroatoms. The van der Waals surface area contributed by atoms with Crippen LogP contribution in [0.1, 0.15) is 40.0 Å². The Bertz CT molecular complexity index is 414. The van der Waals surface area contributed by atoms with Crippen LogP contribution in [-0.2, 0) is 9.53 Å². The van der Waals surface area contributed by atoms with Gasteiger partial charge < -0.3 is 25.2 Å². The summed E-state index contributed by atoms with van der Waals surface area (Å²) in [6.07, 6.45) is 2.63. The molecule has 1 aliphatic rings. The zero-order valence-corrected chi connectivity index (χ0v) is 16.7. The zero-order valence-electron chi connectivity index (χ0n) is 16.7. The third-order valence-corrected chi connectivity index (χ3v) is 4.28. The highest BCUT2D eigenvalue weighted by atomic mass is 16.5. The number of nitrogens with one attached hydrogen (secondary N) is 2. The van der Waals surface area contributed by atoms with Crippen molar-refractivity contribution in [2.24, 2.45) is 4.99 Å². The molecule has 0 aliphatic carbocycles. The van der Waals surface area contributed by atoms with Gasteiger partial charge in [0, 0.05) is 45.2 Å². The lowest BCUT2D eigenvalue weighted by molar-refractivity contribution is -0.129. The number of hydrogen-bond acceptors (Lipinski definition) is 4. The molecule has 2 atom stereocenters. The minimum Gasteiger partial charge on any atom is -0.377 e. The molecule has 0 aromatic carbocycles. The van der Waals surface area contributed by atoms with Crippen molar-refractivity contribution in [2.45, 2.75) is 52.2 Å². The number of guanidine groups is 1. The third-order valence-electron chi connectivity index (χ3n) is 4.28. The molecule has 2 unspecified atom stereocenters. The molecule has 1 heterocycles. The van der Waals surface area contributed by atoms with Crippen LogP contribution in [0.3, 0.4) is 0 Å². The van der Waals surface area contributed by atoms with Crippen molar-refractivity contribution in [3.8, 4) is 0 Å². The van der Waals surface area contributed by atoms with Crippen LogP contribution in [0.15, 0.2) is 4.99 Å². The van der Waals surface area contributed by atoms with Crippen molar-refractivity contribution >= 4 is 11.9 Å². The first-order chi connectivity index (χ1) is 12.0. The number of carbonyl (C=O) groups excluding carboxylic acids is 1. The quantitative estimate of drug-likeness (QED) is 0.450. The summed E-state index contributed by atoms with van der Waals surface area (Å²) in [6, 6.07) is 0.264. The molecule has 0 radical (unpaired) electrons. The van der Waals surface area contributed by atoms with Crippen LogP contribution in [0.2, 0.25) is 0 Å². The molecule has 25 heavy (non-hydrogen) atoms. The number of aliphatic imine (C=N–C) groups is 1. The molecule has 1 fully saturated rings. The van der Waals surface area contributed by atoms with E-state index in [1.54, 1.807) is 0 Å². The molecular weight excluding hydrogens is 318 g/mol. The highest BCUT2D eigenvalue weighted by Crippen LogP contribution is 2.10. The standard InChI is InChI=1S/C18H37N5O2/c1-6-17(24)23-12-9-15(14-23)21-18(19-7-2)20-13-16(25-8-3)10-11-22(4)5/h15-16H,6-14H2,1-5H3,(H2,19,20,21). The monoisotopic (exact) mass is 355 g/mol. The first-order valence-corrected chi connectivity index (χ1v) is 9.59. The predicted molar refractivity (Wildman–Crippen MR) is 103 cm³/mol. The molecule has 0 bridgehead atoms. The van der Waals surface area contributed by atoms with Gasteiger partial charge in [-0.05, 0) is 40.8 Å². The van der Waals surface area contributed by atoms with E-state index in [-0.39, 0.29) is 18.1 Å². The van der Waals surface area contributed by atoms with Gasteiger partial charge in [-0.3, -0.25) is 9.79 Å². The minimum absolute atomic E-state index is 0.129. The van der Waals surface area contributed by atoms with Crippen molar-refractivity contribution in [1.29, 1.82) is 0 Å². The normalized spacial score (nSPS) is 19.4. The highest BCUT2D eigenvalue weighted by molar-refractivity contribution is 5.80. The van der Waals surface area contributed by atoms with Crippen LogP contribution < -0.4 is 10.6 Å². The number of carbonyl (C=O) groups is 1. The summed E-state index contributed by atoms with van der Waals surface area (Å²) in [4.78, 5) is 20.6.